The van der Waals surface area contributed by atoms with Gasteiger partial charge in [0.2, 0.25) is 0 Å². The molecule has 0 heterocycles. The van der Waals surface area contributed by atoms with Crippen LogP contribution in [-0.4, -0.2) is 6.79 Å². The van der Waals surface area contributed by atoms with Crippen LogP contribution in [0.2, 0.25) is 0 Å². The number of hydrogen-bond acceptors (Lipinski definition) is 2. The molecule has 0 aromatic heterocycles. The molecule has 0 aliphatic heterocycles. The fourth-order valence-corrected chi connectivity index (χ4v) is 1.46. The van der Waals surface area contributed by atoms with Gasteiger partial charge in [-0.2, -0.15) is 5.26 Å². The van der Waals surface area contributed by atoms with E-state index in [1.165, 1.54) is 6.07 Å². The number of halogens is 1. The summed E-state index contributed by atoms with van der Waals surface area (Å²) >= 11 is 0. The van der Waals surface area contributed by atoms with Gasteiger partial charge in [-0.25, -0.2) is 4.39 Å². The maximum Gasteiger partial charge on any atom is 0.141 e. The van der Waals surface area contributed by atoms with E-state index in [2.05, 4.69) is 13.8 Å². The highest BCUT2D eigenvalue weighted by molar-refractivity contribution is 5.39. The summed E-state index contributed by atoms with van der Waals surface area (Å²) < 4.78 is 13.1. The van der Waals surface area contributed by atoms with Gasteiger partial charge in [-0.1, -0.05) is 13.8 Å². The topological polar surface area (TPSA) is 40.9 Å². The highest BCUT2D eigenvalue weighted by atomic mass is 19.1. The molecule has 0 aliphatic rings. The van der Waals surface area contributed by atoms with Crippen molar-refractivity contribution in [2.45, 2.75) is 27.2 Å². The van der Waals surface area contributed by atoms with Gasteiger partial charge in [-0.15, -0.1) is 0 Å². The second-order valence-electron chi connectivity index (χ2n) is 3.97. The van der Waals surface area contributed by atoms with Crippen molar-refractivity contribution in [3.63, 3.8) is 0 Å². The molecule has 3 heteroatoms. The van der Waals surface area contributed by atoms with Crippen LogP contribution in [0.4, 0.5) is 4.39 Å². The van der Waals surface area contributed by atoms with Crippen molar-refractivity contribution in [1.82, 2.24) is 0 Å². The third-order valence-corrected chi connectivity index (χ3v) is 2.17. The molecular weight excluding hydrogens is 205 g/mol. The van der Waals surface area contributed by atoms with Gasteiger partial charge in [-0.05, 0) is 42.5 Å². The van der Waals surface area contributed by atoms with Crippen LogP contribution in [-0.2, 0) is 11.2 Å². The molecule has 1 aromatic rings. The molecule has 0 amide bonds. The molecule has 16 heavy (non-hydrogen) atoms. The molecular formula is C13H16FNO. The fraction of sp³-hybridized carbons (Fsp3) is 0.385. The number of nitriles is 1. The smallest absolute Gasteiger partial charge is 0.141 e. The van der Waals surface area contributed by atoms with Crippen LogP contribution in [0, 0.1) is 30.0 Å². The predicted octanol–water partition coefficient (Wildman–Crippen LogP) is 3.02. The van der Waals surface area contributed by atoms with Gasteiger partial charge in [0.05, 0.1) is 5.56 Å². The lowest BCUT2D eigenvalue weighted by molar-refractivity contribution is -0.0979. The monoisotopic (exact) mass is 221 g/mol. The zero-order valence-corrected chi connectivity index (χ0v) is 9.88. The van der Waals surface area contributed by atoms with Crippen molar-refractivity contribution in [2.24, 2.45) is 5.92 Å². The lowest BCUT2D eigenvalue weighted by Crippen LogP contribution is -1.99. The molecule has 0 bridgehead atoms. The molecule has 0 saturated heterocycles. The summed E-state index contributed by atoms with van der Waals surface area (Å²) in [6, 6.07) is 4.96. The van der Waals surface area contributed by atoms with Crippen molar-refractivity contribution < 1.29 is 9.18 Å². The van der Waals surface area contributed by atoms with Crippen molar-refractivity contribution in [2.75, 3.05) is 0 Å². The summed E-state index contributed by atoms with van der Waals surface area (Å²) in [5.74, 6) is 0.100. The molecule has 0 fully saturated rings. The predicted molar refractivity (Wildman–Crippen MR) is 61.5 cm³/mol. The average Bonchev–Trinajstić information content (AvgIpc) is 2.24. The molecule has 0 unspecified atom stereocenters. The first kappa shape index (κ1) is 14.3. The lowest BCUT2D eigenvalue weighted by Gasteiger charge is -2.09. The van der Waals surface area contributed by atoms with Crippen LogP contribution in [0.1, 0.15) is 30.5 Å². The average molecular weight is 221 g/mol. The number of aryl methyl sites for hydroxylation is 1. The second-order valence-corrected chi connectivity index (χ2v) is 3.97. The SMILES string of the molecule is C=O.Cc1cc(F)c(C#N)cc1CC(C)C. The van der Waals surface area contributed by atoms with Gasteiger partial charge in [0.1, 0.15) is 18.7 Å². The number of benzene rings is 1. The third-order valence-electron chi connectivity index (χ3n) is 2.17. The van der Waals surface area contributed by atoms with E-state index in [4.69, 9.17) is 10.1 Å². The van der Waals surface area contributed by atoms with Crippen LogP contribution >= 0.6 is 0 Å². The maximum absolute atomic E-state index is 13.1. The van der Waals surface area contributed by atoms with E-state index in [1.54, 1.807) is 6.07 Å². The van der Waals surface area contributed by atoms with E-state index < -0.39 is 5.82 Å². The van der Waals surface area contributed by atoms with Gasteiger partial charge in [0.25, 0.3) is 0 Å². The molecule has 0 atom stereocenters. The summed E-state index contributed by atoms with van der Waals surface area (Å²) in [7, 11) is 0. The lowest BCUT2D eigenvalue weighted by atomic mass is 9.97. The van der Waals surface area contributed by atoms with Crippen LogP contribution < -0.4 is 0 Å². The minimum atomic E-state index is -0.419. The Morgan fingerprint density at radius 3 is 2.44 bits per heavy atom. The summed E-state index contributed by atoms with van der Waals surface area (Å²) in [6.45, 7) is 8.09. The van der Waals surface area contributed by atoms with Gasteiger partial charge in [0.15, 0.2) is 0 Å². The Labute approximate surface area is 95.7 Å². The van der Waals surface area contributed by atoms with E-state index in [0.717, 1.165) is 17.5 Å². The zero-order chi connectivity index (χ0) is 12.7. The van der Waals surface area contributed by atoms with Crippen molar-refractivity contribution in [3.8, 4) is 6.07 Å². The molecule has 1 aromatic carbocycles. The molecule has 0 saturated carbocycles. The first-order chi connectivity index (χ1) is 7.54. The molecule has 0 radical (unpaired) electrons. The van der Waals surface area contributed by atoms with E-state index in [9.17, 15) is 4.39 Å². The van der Waals surface area contributed by atoms with E-state index in [-0.39, 0.29) is 5.56 Å². The molecule has 1 rings (SSSR count). The molecule has 2 nitrogen and oxygen atoms in total. The standard InChI is InChI=1S/C12H14FN.CH2O/c1-8(2)4-10-6-11(7-14)12(13)5-9(10)3;1-2/h5-6,8H,4H2,1-3H3;1H2. The van der Waals surface area contributed by atoms with Gasteiger partial charge in [-0.3, -0.25) is 0 Å². The maximum atomic E-state index is 13.1. The normalized spacial score (nSPS) is 9.25. The number of carbonyl (C=O) groups excluding carboxylic acids is 1. The number of nitrogens with zero attached hydrogens (tertiary/aromatic N) is 1. The Morgan fingerprint density at radius 2 is 2.00 bits per heavy atom. The molecule has 86 valence electrons. The van der Waals surface area contributed by atoms with E-state index >= 15 is 0 Å². The van der Waals surface area contributed by atoms with Crippen LogP contribution in [0.3, 0.4) is 0 Å². The Bertz CT molecular complexity index is 394. The Hall–Kier alpha value is -1.69. The van der Waals surface area contributed by atoms with Crippen LogP contribution in [0.25, 0.3) is 0 Å². The summed E-state index contributed by atoms with van der Waals surface area (Å²) in [5.41, 5.74) is 2.14. The van der Waals surface area contributed by atoms with E-state index in [1.807, 2.05) is 19.8 Å². The van der Waals surface area contributed by atoms with Crippen LogP contribution in [0.15, 0.2) is 12.1 Å². The fourth-order valence-electron chi connectivity index (χ4n) is 1.46. The number of rotatable bonds is 2. The van der Waals surface area contributed by atoms with Crippen LogP contribution in [0.5, 0.6) is 0 Å². The second kappa shape index (κ2) is 6.73. The van der Waals surface area contributed by atoms with Gasteiger partial charge < -0.3 is 4.79 Å². The molecule has 0 N–H and O–H groups in total. The van der Waals surface area contributed by atoms with Crippen molar-refractivity contribution in [1.29, 1.82) is 5.26 Å². The van der Waals surface area contributed by atoms with Gasteiger partial charge >= 0.3 is 0 Å². The molecule has 0 spiro atoms. The minimum Gasteiger partial charge on any atom is -0.307 e. The summed E-state index contributed by atoms with van der Waals surface area (Å²) in [4.78, 5) is 8.00. The van der Waals surface area contributed by atoms with Crippen molar-refractivity contribution in [3.05, 3.63) is 34.6 Å². The first-order valence-electron chi connectivity index (χ1n) is 5.02. The third kappa shape index (κ3) is 3.82. The first-order valence-corrected chi connectivity index (χ1v) is 5.02. The molecule has 0 aliphatic carbocycles. The highest BCUT2D eigenvalue weighted by Crippen LogP contribution is 2.17. The number of hydrogen-bond donors (Lipinski definition) is 0. The van der Waals surface area contributed by atoms with E-state index in [0.29, 0.717) is 5.92 Å². The highest BCUT2D eigenvalue weighted by Gasteiger charge is 2.07. The largest absolute Gasteiger partial charge is 0.307 e. The van der Waals surface area contributed by atoms with Gasteiger partial charge in [0, 0.05) is 0 Å². The quantitative estimate of drug-likeness (QED) is 0.770. The summed E-state index contributed by atoms with van der Waals surface area (Å²) in [6.07, 6.45) is 0.890. The Morgan fingerprint density at radius 1 is 1.44 bits per heavy atom. The zero-order valence-electron chi connectivity index (χ0n) is 9.88. The Balaban J connectivity index is 0.00000106. The number of carbonyl (C=O) groups is 1. The van der Waals surface area contributed by atoms with Crippen molar-refractivity contribution >= 4 is 6.79 Å². The minimum absolute atomic E-state index is 0.145. The Kier molecular flexibility index (Phi) is 6.02. The summed E-state index contributed by atoms with van der Waals surface area (Å²) in [5, 5.41) is 8.68.